The van der Waals surface area contributed by atoms with Gasteiger partial charge < -0.3 is 11.1 Å². The van der Waals surface area contributed by atoms with Gasteiger partial charge in [-0.1, -0.05) is 0 Å². The van der Waals surface area contributed by atoms with Crippen LogP contribution in [0.15, 0.2) is 42.0 Å². The number of rotatable bonds is 1. The normalized spacial score (nSPS) is 26.4. The van der Waals surface area contributed by atoms with Crippen LogP contribution in [0.5, 0.6) is 0 Å². The predicted molar refractivity (Wildman–Crippen MR) is 55.0 cm³/mol. The predicted octanol–water partition coefficient (Wildman–Crippen LogP) is 0.905. The lowest BCUT2D eigenvalue weighted by Crippen LogP contribution is -2.48. The molecular weight excluding hydrogens is 176 g/mol. The molecular formula is C10H14N4. The summed E-state index contributed by atoms with van der Waals surface area (Å²) in [5, 5.41) is 7.42. The number of nitrogens with zero attached hydrogens (tertiary/aromatic N) is 2. The van der Waals surface area contributed by atoms with E-state index in [4.69, 9.17) is 5.73 Å². The van der Waals surface area contributed by atoms with Crippen LogP contribution in [0.25, 0.3) is 0 Å². The second-order valence-corrected chi connectivity index (χ2v) is 3.60. The zero-order valence-corrected chi connectivity index (χ0v) is 8.36. The van der Waals surface area contributed by atoms with E-state index < -0.39 is 5.66 Å². The number of allylic oxidation sites excluding steroid dienone is 2. The molecule has 0 radical (unpaired) electrons. The summed E-state index contributed by atoms with van der Waals surface area (Å²) in [5.74, 6) is 0. The molecule has 4 heteroatoms. The Balaban J connectivity index is 2.48. The first-order valence-corrected chi connectivity index (χ1v) is 4.56. The molecule has 1 aromatic heterocycles. The van der Waals surface area contributed by atoms with Gasteiger partial charge in [-0.05, 0) is 37.8 Å². The third kappa shape index (κ3) is 1.11. The summed E-state index contributed by atoms with van der Waals surface area (Å²) in [6.45, 7) is 4.00. The van der Waals surface area contributed by atoms with Crippen LogP contribution in [0.1, 0.15) is 13.8 Å². The van der Waals surface area contributed by atoms with Gasteiger partial charge >= 0.3 is 0 Å². The summed E-state index contributed by atoms with van der Waals surface area (Å²) >= 11 is 0. The van der Waals surface area contributed by atoms with Gasteiger partial charge in [0.25, 0.3) is 0 Å². The molecule has 0 aliphatic carbocycles. The van der Waals surface area contributed by atoms with Gasteiger partial charge in [0.2, 0.25) is 0 Å². The van der Waals surface area contributed by atoms with Crippen molar-refractivity contribution in [3.63, 3.8) is 0 Å². The first kappa shape index (κ1) is 8.87. The average molecular weight is 190 g/mol. The molecule has 74 valence electrons. The Labute approximate surface area is 83.1 Å². The molecule has 0 saturated carbocycles. The van der Waals surface area contributed by atoms with Crippen LogP contribution in [0, 0.1) is 0 Å². The van der Waals surface area contributed by atoms with E-state index in [1.165, 1.54) is 0 Å². The van der Waals surface area contributed by atoms with Crippen molar-refractivity contribution < 1.29 is 0 Å². The fourth-order valence-electron chi connectivity index (χ4n) is 1.60. The highest BCUT2D eigenvalue weighted by Crippen LogP contribution is 2.24. The zero-order chi connectivity index (χ0) is 10.2. The van der Waals surface area contributed by atoms with E-state index in [1.54, 1.807) is 6.20 Å². The Morgan fingerprint density at radius 2 is 2.36 bits per heavy atom. The van der Waals surface area contributed by atoms with Crippen molar-refractivity contribution in [3.05, 3.63) is 42.0 Å². The van der Waals surface area contributed by atoms with E-state index >= 15 is 0 Å². The number of aromatic nitrogens is 2. The van der Waals surface area contributed by atoms with Crippen LogP contribution >= 0.6 is 0 Å². The average Bonchev–Trinajstić information content (AvgIpc) is 2.67. The van der Waals surface area contributed by atoms with E-state index in [9.17, 15) is 0 Å². The molecule has 2 rings (SSSR count). The van der Waals surface area contributed by atoms with Crippen molar-refractivity contribution >= 4 is 0 Å². The smallest absolute Gasteiger partial charge is 0.168 e. The minimum atomic E-state index is -0.442. The van der Waals surface area contributed by atoms with Crippen molar-refractivity contribution in [1.82, 2.24) is 15.1 Å². The lowest BCUT2D eigenvalue weighted by atomic mass is 10.0. The molecule has 0 aromatic carbocycles. The molecule has 0 bridgehead atoms. The van der Waals surface area contributed by atoms with E-state index in [0.717, 1.165) is 11.3 Å². The summed E-state index contributed by atoms with van der Waals surface area (Å²) in [6.07, 6.45) is 7.49. The van der Waals surface area contributed by atoms with Crippen LogP contribution in [-0.4, -0.2) is 9.78 Å². The second kappa shape index (κ2) is 2.90. The fraction of sp³-hybridized carbons (Fsp3) is 0.300. The van der Waals surface area contributed by atoms with Gasteiger partial charge in [0.05, 0.1) is 5.70 Å². The molecule has 1 atom stereocenters. The fourth-order valence-corrected chi connectivity index (χ4v) is 1.60. The number of hydrogen-bond donors (Lipinski definition) is 2. The third-order valence-electron chi connectivity index (χ3n) is 2.61. The quantitative estimate of drug-likeness (QED) is 0.692. The van der Waals surface area contributed by atoms with Gasteiger partial charge in [-0.2, -0.15) is 5.10 Å². The summed E-state index contributed by atoms with van der Waals surface area (Å²) in [7, 11) is 0. The maximum absolute atomic E-state index is 6.05. The Morgan fingerprint density at radius 3 is 3.00 bits per heavy atom. The standard InChI is InChI=1S/C10H14N4/c1-8-4-6-12-10(2,9(8)11)14-7-3-5-13-14/h3-7,12H,11H2,1-2H3. The molecule has 0 saturated heterocycles. The maximum atomic E-state index is 6.05. The van der Waals surface area contributed by atoms with Gasteiger partial charge in [0.15, 0.2) is 5.66 Å². The van der Waals surface area contributed by atoms with Gasteiger partial charge in [-0.15, -0.1) is 0 Å². The lowest BCUT2D eigenvalue weighted by molar-refractivity contribution is 0.295. The largest absolute Gasteiger partial charge is 0.398 e. The van der Waals surface area contributed by atoms with Crippen LogP contribution in [0.3, 0.4) is 0 Å². The monoisotopic (exact) mass is 190 g/mol. The summed E-state index contributed by atoms with van der Waals surface area (Å²) < 4.78 is 1.81. The third-order valence-corrected chi connectivity index (χ3v) is 2.61. The Hall–Kier alpha value is -1.71. The van der Waals surface area contributed by atoms with Gasteiger partial charge in [0.1, 0.15) is 0 Å². The summed E-state index contributed by atoms with van der Waals surface area (Å²) in [5.41, 5.74) is 7.48. The van der Waals surface area contributed by atoms with Crippen molar-refractivity contribution in [2.24, 2.45) is 5.73 Å². The highest BCUT2D eigenvalue weighted by Gasteiger charge is 2.31. The topological polar surface area (TPSA) is 55.9 Å². The number of nitrogens with two attached hydrogens (primary N) is 1. The van der Waals surface area contributed by atoms with Crippen LogP contribution in [0.4, 0.5) is 0 Å². The highest BCUT2D eigenvalue weighted by molar-refractivity contribution is 5.31. The van der Waals surface area contributed by atoms with E-state index in [0.29, 0.717) is 0 Å². The van der Waals surface area contributed by atoms with Gasteiger partial charge in [-0.3, -0.25) is 0 Å². The van der Waals surface area contributed by atoms with Crippen molar-refractivity contribution in [2.45, 2.75) is 19.5 Å². The van der Waals surface area contributed by atoms with Crippen LogP contribution < -0.4 is 11.1 Å². The summed E-state index contributed by atoms with van der Waals surface area (Å²) in [4.78, 5) is 0. The number of nitrogens with one attached hydrogen (secondary N) is 1. The molecule has 0 spiro atoms. The Kier molecular flexibility index (Phi) is 1.84. The maximum Gasteiger partial charge on any atom is 0.168 e. The first-order chi connectivity index (χ1) is 6.64. The van der Waals surface area contributed by atoms with Crippen molar-refractivity contribution in [1.29, 1.82) is 0 Å². The molecule has 1 unspecified atom stereocenters. The highest BCUT2D eigenvalue weighted by atomic mass is 15.4. The van der Waals surface area contributed by atoms with Crippen LogP contribution in [0.2, 0.25) is 0 Å². The van der Waals surface area contributed by atoms with E-state index in [1.807, 2.05) is 43.1 Å². The molecule has 0 amide bonds. The van der Waals surface area contributed by atoms with E-state index in [2.05, 4.69) is 10.4 Å². The minimum absolute atomic E-state index is 0.442. The Bertz CT molecular complexity index is 388. The summed E-state index contributed by atoms with van der Waals surface area (Å²) in [6, 6.07) is 1.88. The van der Waals surface area contributed by atoms with E-state index in [-0.39, 0.29) is 0 Å². The second-order valence-electron chi connectivity index (χ2n) is 3.60. The zero-order valence-electron chi connectivity index (χ0n) is 8.36. The molecule has 4 nitrogen and oxygen atoms in total. The molecule has 1 aliphatic heterocycles. The lowest BCUT2D eigenvalue weighted by Gasteiger charge is -2.34. The molecule has 3 N–H and O–H groups in total. The van der Waals surface area contributed by atoms with Crippen molar-refractivity contribution in [3.8, 4) is 0 Å². The number of hydrogen-bond acceptors (Lipinski definition) is 3. The Morgan fingerprint density at radius 1 is 1.57 bits per heavy atom. The molecule has 0 fully saturated rings. The molecule has 2 heterocycles. The van der Waals surface area contributed by atoms with Gasteiger partial charge in [0, 0.05) is 12.4 Å². The van der Waals surface area contributed by atoms with Crippen molar-refractivity contribution in [2.75, 3.05) is 0 Å². The van der Waals surface area contributed by atoms with Gasteiger partial charge in [-0.25, -0.2) is 4.68 Å². The van der Waals surface area contributed by atoms with Crippen LogP contribution in [-0.2, 0) is 5.66 Å². The minimum Gasteiger partial charge on any atom is -0.398 e. The first-order valence-electron chi connectivity index (χ1n) is 4.56. The SMILES string of the molecule is CC1=C(N)C(C)(n2cccn2)NC=C1. The molecule has 1 aliphatic rings. The number of dihydropyridines is 1. The molecule has 14 heavy (non-hydrogen) atoms. The molecule has 1 aromatic rings.